The van der Waals surface area contributed by atoms with Crippen LogP contribution >= 0.6 is 47.8 Å². The number of ether oxygens (including phenoxy) is 2. The van der Waals surface area contributed by atoms with Gasteiger partial charge in [0.25, 0.3) is 13.4 Å². The third-order valence-electron chi connectivity index (χ3n) is 16.9. The second-order valence-electron chi connectivity index (χ2n) is 20.9. The van der Waals surface area contributed by atoms with Crippen molar-refractivity contribution in [1.82, 2.24) is 0 Å². The monoisotopic (exact) mass is 1170 g/mol. The minimum Gasteiger partial charge on any atom is -0.458 e. The fourth-order valence-electron chi connectivity index (χ4n) is 13.9. The summed E-state index contributed by atoms with van der Waals surface area (Å²) in [7, 11) is 0. The van der Waals surface area contributed by atoms with Gasteiger partial charge in [0.1, 0.15) is 23.0 Å². The molecule has 77 heavy (non-hydrogen) atoms. The van der Waals surface area contributed by atoms with E-state index in [-0.39, 0.29) is 13.4 Å². The lowest BCUT2D eigenvalue weighted by molar-refractivity contribution is 0.487. The Labute approximate surface area is 470 Å². The van der Waals surface area contributed by atoms with Crippen LogP contribution in [0.4, 0.5) is 0 Å². The first-order chi connectivity index (χ1) is 37.9. The highest BCUT2D eigenvalue weighted by Gasteiger charge is 2.45. The fourth-order valence-corrected chi connectivity index (χ4v) is 15.1. The summed E-state index contributed by atoms with van der Waals surface area (Å²) in [6.45, 7) is -0.219. The Morgan fingerprint density at radius 1 is 0.247 bits per heavy atom. The standard InChI is InChI=1S/C70H37B2Br3O2/c73-42-25-27-58-62(31-42)77-64-33-44(75)30-56-52-35-49(47-22-12-10-20-45(47)39-16-6-2-7-17-39)53-36-59-65-51(55-29-43(74)32-63-69(55)71(59)57-26-24-41(28-61(57)76-63)38-14-4-1-5-15-38)34-50(48-23-13-11-21-46(48)40-18-8-3-9-19-40)54-37-60(72(58)70(56)64)66(52)68(53)67(54)65/h1-37H. The van der Waals surface area contributed by atoms with Crippen molar-refractivity contribution in [3.63, 3.8) is 0 Å². The van der Waals surface area contributed by atoms with Crippen LogP contribution in [0.3, 0.4) is 0 Å². The summed E-state index contributed by atoms with van der Waals surface area (Å²) in [6.07, 6.45) is 0. The van der Waals surface area contributed by atoms with Crippen molar-refractivity contribution in [1.29, 1.82) is 0 Å². The normalized spacial score (nSPS) is 13.0. The summed E-state index contributed by atoms with van der Waals surface area (Å²) in [5, 5.41) is 7.62. The topological polar surface area (TPSA) is 18.5 Å². The van der Waals surface area contributed by atoms with Gasteiger partial charge in [0.15, 0.2) is 0 Å². The van der Waals surface area contributed by atoms with Gasteiger partial charge in [-0.3, -0.25) is 0 Å². The first kappa shape index (κ1) is 44.2. The molecule has 0 unspecified atom stereocenters. The maximum atomic E-state index is 7.18. The highest BCUT2D eigenvalue weighted by Crippen LogP contribution is 2.53. The van der Waals surface area contributed by atoms with Gasteiger partial charge in [-0.05, 0) is 187 Å². The molecule has 0 saturated carbocycles. The second kappa shape index (κ2) is 16.5. The van der Waals surface area contributed by atoms with E-state index in [0.29, 0.717) is 0 Å². The molecule has 2 nitrogen and oxygen atoms in total. The molecular weight excluding hydrogens is 1130 g/mol. The average molecular weight is 1170 g/mol. The molecule has 0 radical (unpaired) electrons. The lowest BCUT2D eigenvalue weighted by atomic mass is 9.32. The molecule has 0 amide bonds. The molecule has 4 aliphatic heterocycles. The van der Waals surface area contributed by atoms with Gasteiger partial charge >= 0.3 is 0 Å². The van der Waals surface area contributed by atoms with Gasteiger partial charge in [-0.15, -0.1) is 0 Å². The third-order valence-corrected chi connectivity index (χ3v) is 18.3. The molecule has 356 valence electrons. The SMILES string of the molecule is Brc1ccc2c(c1)Oc1cc(Br)cc3c1B2c1cc2c(-c4ccccc4-c4ccccc4)cc4c5c(cc6c(-c7ccccc7-c7ccccc7)cc-3c1c6c25)B1c2ccc(-c3ccccc3)cc2Oc2cc(Br)cc-4c21. The molecule has 0 N–H and O–H groups in total. The Hall–Kier alpha value is -7.93. The molecule has 0 aromatic heterocycles. The van der Waals surface area contributed by atoms with Crippen molar-refractivity contribution in [2.45, 2.75) is 0 Å². The quantitative estimate of drug-likeness (QED) is 0.126. The summed E-state index contributed by atoms with van der Waals surface area (Å²) in [4.78, 5) is 0. The molecule has 13 aromatic rings. The van der Waals surface area contributed by atoms with E-state index in [1.165, 1.54) is 126 Å². The maximum absolute atomic E-state index is 7.18. The van der Waals surface area contributed by atoms with Crippen LogP contribution in [0.2, 0.25) is 0 Å². The molecule has 13 aromatic carbocycles. The van der Waals surface area contributed by atoms with Crippen molar-refractivity contribution >= 4 is 126 Å². The van der Waals surface area contributed by atoms with Gasteiger partial charge in [-0.25, -0.2) is 0 Å². The smallest absolute Gasteiger partial charge is 0.252 e. The van der Waals surface area contributed by atoms with Crippen LogP contribution in [0.15, 0.2) is 238 Å². The summed E-state index contributed by atoms with van der Waals surface area (Å²) in [6, 6.07) is 83.1. The Kier molecular flexibility index (Phi) is 9.50. The number of hydrogen-bond acceptors (Lipinski definition) is 2. The van der Waals surface area contributed by atoms with Gasteiger partial charge in [-0.1, -0.05) is 229 Å². The van der Waals surface area contributed by atoms with Crippen molar-refractivity contribution in [3.8, 4) is 101 Å². The van der Waals surface area contributed by atoms with Crippen LogP contribution in [-0.4, -0.2) is 13.4 Å². The van der Waals surface area contributed by atoms with Gasteiger partial charge in [-0.2, -0.15) is 0 Å². The van der Waals surface area contributed by atoms with Crippen LogP contribution in [-0.2, 0) is 0 Å². The van der Waals surface area contributed by atoms with Crippen molar-refractivity contribution in [2.24, 2.45) is 0 Å². The lowest BCUT2D eigenvalue weighted by Crippen LogP contribution is -2.58. The highest BCUT2D eigenvalue weighted by molar-refractivity contribution is 9.11. The molecule has 7 heteroatoms. The van der Waals surface area contributed by atoms with E-state index in [0.717, 1.165) is 53.0 Å². The molecule has 0 bridgehead atoms. The Morgan fingerprint density at radius 3 is 1.16 bits per heavy atom. The number of hydrogen-bond donors (Lipinski definition) is 0. The Balaban J connectivity index is 1.09. The van der Waals surface area contributed by atoms with Crippen LogP contribution in [0.1, 0.15) is 0 Å². The predicted molar refractivity (Wildman–Crippen MR) is 334 cm³/mol. The van der Waals surface area contributed by atoms with Crippen LogP contribution in [0, 0.1) is 0 Å². The fraction of sp³-hybridized carbons (Fsp3) is 0. The van der Waals surface area contributed by atoms with Crippen LogP contribution < -0.4 is 42.3 Å². The van der Waals surface area contributed by atoms with Gasteiger partial charge in [0.05, 0.1) is 0 Å². The minimum absolute atomic E-state index is 0.101. The summed E-state index contributed by atoms with van der Waals surface area (Å²) < 4.78 is 17.1. The molecule has 0 aliphatic carbocycles. The zero-order chi connectivity index (χ0) is 50.8. The molecule has 0 atom stereocenters. The van der Waals surface area contributed by atoms with E-state index in [9.17, 15) is 0 Å². The van der Waals surface area contributed by atoms with E-state index in [2.05, 4.69) is 272 Å². The van der Waals surface area contributed by atoms with E-state index in [4.69, 9.17) is 9.47 Å². The maximum Gasteiger partial charge on any atom is 0.252 e. The molecular formula is C70H37B2Br3O2. The van der Waals surface area contributed by atoms with E-state index in [1.807, 2.05) is 0 Å². The average Bonchev–Trinajstić information content (AvgIpc) is 3.49. The Bertz CT molecular complexity index is 4730. The van der Waals surface area contributed by atoms with Crippen LogP contribution in [0.25, 0.3) is 110 Å². The van der Waals surface area contributed by atoms with E-state index in [1.54, 1.807) is 0 Å². The largest absolute Gasteiger partial charge is 0.458 e. The number of fused-ring (bicyclic) bond motifs is 8. The van der Waals surface area contributed by atoms with Crippen LogP contribution in [0.5, 0.6) is 23.0 Å². The number of halogens is 3. The predicted octanol–water partition coefficient (Wildman–Crippen LogP) is 16.4. The first-order valence-corrected chi connectivity index (χ1v) is 28.5. The molecule has 0 saturated heterocycles. The number of benzene rings is 13. The van der Waals surface area contributed by atoms with Crippen molar-refractivity contribution in [2.75, 3.05) is 0 Å². The molecule has 0 spiro atoms. The molecule has 17 rings (SSSR count). The molecule has 0 fully saturated rings. The Morgan fingerprint density at radius 2 is 0.662 bits per heavy atom. The van der Waals surface area contributed by atoms with Crippen molar-refractivity contribution < 1.29 is 9.47 Å². The van der Waals surface area contributed by atoms with Gasteiger partial charge in [0.2, 0.25) is 0 Å². The van der Waals surface area contributed by atoms with Crippen molar-refractivity contribution in [3.05, 3.63) is 238 Å². The third kappa shape index (κ3) is 6.36. The van der Waals surface area contributed by atoms with E-state index < -0.39 is 0 Å². The first-order valence-electron chi connectivity index (χ1n) is 26.1. The van der Waals surface area contributed by atoms with Gasteiger partial charge < -0.3 is 9.47 Å². The molecule has 4 heterocycles. The summed E-state index contributed by atoms with van der Waals surface area (Å²) >= 11 is 11.9. The summed E-state index contributed by atoms with van der Waals surface area (Å²) in [5.74, 6) is 3.51. The zero-order valence-corrected chi connectivity index (χ0v) is 45.7. The second-order valence-corrected chi connectivity index (χ2v) is 23.6. The minimum atomic E-state index is -0.118. The highest BCUT2D eigenvalue weighted by atomic mass is 79.9. The number of rotatable bonds is 5. The van der Waals surface area contributed by atoms with Gasteiger partial charge in [0, 0.05) is 13.4 Å². The van der Waals surface area contributed by atoms with E-state index >= 15 is 0 Å². The molecule has 4 aliphatic rings. The zero-order valence-electron chi connectivity index (χ0n) is 41.0. The lowest BCUT2D eigenvalue weighted by Gasteiger charge is -2.38. The summed E-state index contributed by atoms with van der Waals surface area (Å²) in [5.41, 5.74) is 23.9.